The molecule has 122 valence electrons. The predicted octanol–water partition coefficient (Wildman–Crippen LogP) is 0.0614. The van der Waals surface area contributed by atoms with Crippen LogP contribution in [0.25, 0.3) is 0 Å². The number of urea groups is 1. The average Bonchev–Trinajstić information content (AvgIpc) is 3.05. The van der Waals surface area contributed by atoms with Crippen LogP contribution < -0.4 is 10.6 Å². The molecule has 3 aliphatic rings. The van der Waals surface area contributed by atoms with Crippen LogP contribution >= 0.6 is 0 Å². The highest BCUT2D eigenvalue weighted by molar-refractivity contribution is 6.07. The van der Waals surface area contributed by atoms with Gasteiger partial charge in [-0.1, -0.05) is 12.8 Å². The van der Waals surface area contributed by atoms with Gasteiger partial charge in [0, 0.05) is 38.6 Å². The summed E-state index contributed by atoms with van der Waals surface area (Å²) in [4.78, 5) is 39.9. The molecule has 0 aromatic carbocycles. The highest BCUT2D eigenvalue weighted by atomic mass is 16.2. The number of imide groups is 1. The van der Waals surface area contributed by atoms with Crippen molar-refractivity contribution in [1.29, 1.82) is 0 Å². The van der Waals surface area contributed by atoms with Crippen molar-refractivity contribution in [2.75, 3.05) is 26.2 Å². The van der Waals surface area contributed by atoms with E-state index in [1.165, 1.54) is 4.90 Å². The molecular formula is C15H24N4O3. The topological polar surface area (TPSA) is 81.8 Å². The second-order valence-electron chi connectivity index (χ2n) is 6.57. The van der Waals surface area contributed by atoms with Gasteiger partial charge in [0.2, 0.25) is 5.91 Å². The van der Waals surface area contributed by atoms with E-state index in [1.54, 1.807) is 0 Å². The van der Waals surface area contributed by atoms with E-state index in [2.05, 4.69) is 10.6 Å². The number of carbonyl (C=O) groups excluding carboxylic acids is 3. The Morgan fingerprint density at radius 2 is 2.05 bits per heavy atom. The van der Waals surface area contributed by atoms with E-state index >= 15 is 0 Å². The SMILES string of the molecule is C[C@@H]1CNCCN1C(=O)CCN1C(=O)NC2(CCCC2)C1=O. The van der Waals surface area contributed by atoms with E-state index in [0.29, 0.717) is 6.54 Å². The van der Waals surface area contributed by atoms with E-state index in [4.69, 9.17) is 0 Å². The first-order chi connectivity index (χ1) is 10.5. The molecule has 0 aromatic heterocycles. The Bertz CT molecular complexity index is 487. The Hall–Kier alpha value is -1.63. The van der Waals surface area contributed by atoms with E-state index in [9.17, 15) is 14.4 Å². The van der Waals surface area contributed by atoms with Crippen LogP contribution in [0.2, 0.25) is 0 Å². The minimum atomic E-state index is -0.678. The maximum absolute atomic E-state index is 12.5. The molecule has 0 radical (unpaired) electrons. The largest absolute Gasteiger partial charge is 0.337 e. The lowest BCUT2D eigenvalue weighted by atomic mass is 9.98. The maximum atomic E-state index is 12.5. The molecule has 1 atom stereocenters. The average molecular weight is 308 g/mol. The Balaban J connectivity index is 1.58. The zero-order valence-electron chi connectivity index (χ0n) is 13.1. The number of carbonyl (C=O) groups is 3. The van der Waals surface area contributed by atoms with Crippen molar-refractivity contribution in [1.82, 2.24) is 20.4 Å². The molecule has 1 spiro atoms. The van der Waals surface area contributed by atoms with Gasteiger partial charge < -0.3 is 15.5 Å². The van der Waals surface area contributed by atoms with Gasteiger partial charge in [-0.15, -0.1) is 0 Å². The van der Waals surface area contributed by atoms with Crippen LogP contribution in [0.1, 0.15) is 39.0 Å². The molecule has 4 amide bonds. The molecule has 0 aromatic rings. The number of nitrogens with zero attached hydrogens (tertiary/aromatic N) is 2. The fourth-order valence-corrected chi connectivity index (χ4v) is 3.76. The van der Waals surface area contributed by atoms with Crippen molar-refractivity contribution in [3.05, 3.63) is 0 Å². The molecule has 3 rings (SSSR count). The molecule has 2 heterocycles. The molecule has 0 unspecified atom stereocenters. The van der Waals surface area contributed by atoms with Gasteiger partial charge in [-0.25, -0.2) is 4.79 Å². The fourth-order valence-electron chi connectivity index (χ4n) is 3.76. The quantitative estimate of drug-likeness (QED) is 0.723. The first-order valence-electron chi connectivity index (χ1n) is 8.18. The third-order valence-corrected chi connectivity index (χ3v) is 5.07. The normalized spacial score (nSPS) is 27.6. The van der Waals surface area contributed by atoms with Gasteiger partial charge in [0.25, 0.3) is 5.91 Å². The summed E-state index contributed by atoms with van der Waals surface area (Å²) < 4.78 is 0. The van der Waals surface area contributed by atoms with E-state index in [0.717, 1.165) is 38.8 Å². The number of hydrogen-bond acceptors (Lipinski definition) is 4. The summed E-state index contributed by atoms with van der Waals surface area (Å²) in [5.41, 5.74) is -0.678. The number of piperazine rings is 1. The third-order valence-electron chi connectivity index (χ3n) is 5.07. The van der Waals surface area contributed by atoms with Gasteiger partial charge in [0.1, 0.15) is 5.54 Å². The highest BCUT2D eigenvalue weighted by Gasteiger charge is 2.52. The number of nitrogens with one attached hydrogen (secondary N) is 2. The summed E-state index contributed by atoms with van der Waals surface area (Å²) in [6.07, 6.45) is 3.58. The molecule has 1 aliphatic carbocycles. The fraction of sp³-hybridized carbons (Fsp3) is 0.800. The Labute approximate surface area is 130 Å². The van der Waals surface area contributed by atoms with Gasteiger partial charge in [-0.3, -0.25) is 14.5 Å². The van der Waals surface area contributed by atoms with Crippen molar-refractivity contribution in [2.45, 2.75) is 50.6 Å². The van der Waals surface area contributed by atoms with E-state index < -0.39 is 5.54 Å². The molecule has 2 aliphatic heterocycles. The summed E-state index contributed by atoms with van der Waals surface area (Å²) in [7, 11) is 0. The van der Waals surface area contributed by atoms with Crippen molar-refractivity contribution < 1.29 is 14.4 Å². The monoisotopic (exact) mass is 308 g/mol. The second-order valence-corrected chi connectivity index (χ2v) is 6.57. The smallest absolute Gasteiger partial charge is 0.325 e. The zero-order valence-corrected chi connectivity index (χ0v) is 13.1. The maximum Gasteiger partial charge on any atom is 0.325 e. The standard InChI is InChI=1S/C15H24N4O3/c1-11-10-16-7-9-18(11)12(20)4-8-19-13(21)15(17-14(19)22)5-2-3-6-15/h11,16H,2-10H2,1H3,(H,17,22)/t11-/m1/s1. The predicted molar refractivity (Wildman–Crippen MR) is 80.1 cm³/mol. The van der Waals surface area contributed by atoms with Gasteiger partial charge >= 0.3 is 6.03 Å². The third kappa shape index (κ3) is 2.58. The molecule has 22 heavy (non-hydrogen) atoms. The Morgan fingerprint density at radius 1 is 1.32 bits per heavy atom. The summed E-state index contributed by atoms with van der Waals surface area (Å²) in [5.74, 6) is -0.127. The summed E-state index contributed by atoms with van der Waals surface area (Å²) in [6, 6.07) is -0.182. The van der Waals surface area contributed by atoms with E-state index in [-0.39, 0.29) is 36.9 Å². The van der Waals surface area contributed by atoms with Gasteiger partial charge in [0.15, 0.2) is 0 Å². The molecular weight excluding hydrogens is 284 g/mol. The number of amides is 4. The van der Waals surface area contributed by atoms with Gasteiger partial charge in [-0.2, -0.15) is 0 Å². The molecule has 2 saturated heterocycles. The van der Waals surface area contributed by atoms with Crippen LogP contribution in [0.15, 0.2) is 0 Å². The lowest BCUT2D eigenvalue weighted by molar-refractivity contribution is -0.135. The second kappa shape index (κ2) is 5.87. The Morgan fingerprint density at radius 3 is 2.73 bits per heavy atom. The highest BCUT2D eigenvalue weighted by Crippen LogP contribution is 2.35. The number of rotatable bonds is 3. The Kier molecular flexibility index (Phi) is 4.08. The van der Waals surface area contributed by atoms with E-state index in [1.807, 2.05) is 11.8 Å². The van der Waals surface area contributed by atoms with Crippen LogP contribution in [0.4, 0.5) is 4.79 Å². The lowest BCUT2D eigenvalue weighted by Crippen LogP contribution is -2.52. The van der Waals surface area contributed by atoms with Crippen molar-refractivity contribution >= 4 is 17.8 Å². The summed E-state index contributed by atoms with van der Waals surface area (Å²) in [6.45, 7) is 4.46. The molecule has 2 N–H and O–H groups in total. The van der Waals surface area contributed by atoms with Crippen LogP contribution in [0, 0.1) is 0 Å². The number of hydrogen-bond donors (Lipinski definition) is 2. The van der Waals surface area contributed by atoms with Crippen LogP contribution in [-0.4, -0.2) is 65.4 Å². The van der Waals surface area contributed by atoms with Crippen LogP contribution in [0.5, 0.6) is 0 Å². The first kappa shape index (κ1) is 15.3. The molecule has 7 heteroatoms. The first-order valence-corrected chi connectivity index (χ1v) is 8.18. The van der Waals surface area contributed by atoms with Gasteiger partial charge in [0.05, 0.1) is 0 Å². The molecule has 3 fully saturated rings. The minimum absolute atomic E-state index is 0.0157. The summed E-state index contributed by atoms with van der Waals surface area (Å²) >= 11 is 0. The van der Waals surface area contributed by atoms with Gasteiger partial charge in [-0.05, 0) is 19.8 Å². The van der Waals surface area contributed by atoms with Crippen LogP contribution in [-0.2, 0) is 9.59 Å². The zero-order chi connectivity index (χ0) is 15.7. The lowest BCUT2D eigenvalue weighted by Gasteiger charge is -2.34. The summed E-state index contributed by atoms with van der Waals surface area (Å²) in [5, 5.41) is 6.08. The molecule has 0 bridgehead atoms. The van der Waals surface area contributed by atoms with Crippen molar-refractivity contribution in [3.63, 3.8) is 0 Å². The van der Waals surface area contributed by atoms with Crippen molar-refractivity contribution in [3.8, 4) is 0 Å². The van der Waals surface area contributed by atoms with Crippen LogP contribution in [0.3, 0.4) is 0 Å². The minimum Gasteiger partial charge on any atom is -0.337 e. The van der Waals surface area contributed by atoms with Crippen molar-refractivity contribution in [2.24, 2.45) is 0 Å². The molecule has 7 nitrogen and oxygen atoms in total. The molecule has 1 saturated carbocycles.